The van der Waals surface area contributed by atoms with Gasteiger partial charge in [0.15, 0.2) is 5.11 Å². The summed E-state index contributed by atoms with van der Waals surface area (Å²) in [7, 11) is 0. The van der Waals surface area contributed by atoms with Crippen molar-refractivity contribution in [1.82, 2.24) is 29.7 Å². The van der Waals surface area contributed by atoms with Crippen LogP contribution in [0, 0.1) is 24.2 Å². The first-order valence-corrected chi connectivity index (χ1v) is 25.1. The van der Waals surface area contributed by atoms with Crippen LogP contribution in [0.25, 0.3) is 21.7 Å². The third-order valence-electron chi connectivity index (χ3n) is 13.7. The van der Waals surface area contributed by atoms with E-state index in [2.05, 4.69) is 20.2 Å². The highest BCUT2D eigenvalue weighted by Gasteiger charge is 2.51. The zero-order valence-corrected chi connectivity index (χ0v) is 42.5. The monoisotopic (exact) mass is 1030 g/mol. The maximum atomic E-state index is 14.5. The van der Waals surface area contributed by atoms with Crippen LogP contribution in [-0.4, -0.2) is 95.8 Å². The summed E-state index contributed by atoms with van der Waals surface area (Å²) >= 11 is 7.28. The lowest BCUT2D eigenvalue weighted by atomic mass is 10.0. The summed E-state index contributed by atoms with van der Waals surface area (Å²) in [6.45, 7) is 12.2. The van der Waals surface area contributed by atoms with Crippen molar-refractivity contribution in [3.8, 4) is 33.5 Å². The van der Waals surface area contributed by atoms with Crippen molar-refractivity contribution in [2.24, 2.45) is 5.92 Å². The number of likely N-dealkylation sites (tertiary alicyclic amines) is 1. The number of anilines is 3. The van der Waals surface area contributed by atoms with E-state index in [9.17, 15) is 37.9 Å². The smallest absolute Gasteiger partial charge is 0.417 e. The van der Waals surface area contributed by atoms with Gasteiger partial charge in [-0.2, -0.15) is 18.4 Å². The Kier molecular flexibility index (Phi) is 13.9. The number of imidazole rings is 1. The lowest BCUT2D eigenvalue weighted by Crippen LogP contribution is -2.49. The molecule has 0 spiro atoms. The molecule has 0 aliphatic carbocycles. The minimum atomic E-state index is -4.81. The van der Waals surface area contributed by atoms with Crippen LogP contribution in [0.3, 0.4) is 0 Å². The van der Waals surface area contributed by atoms with Gasteiger partial charge in [-0.05, 0) is 112 Å². The SMILES string of the molecule is Cc1ncsc1-c1ccc(C(C)NC(=O)C2CC(O)CN2C(=O)C(C(C)C)n2cnc(-c3ccnc(N4CCC(Oc5ccc(N6C(=S)N(c7ccc(C#N)c(C(F)(F)F)c7)C(=O)C6(C)C)cc5)C4)c3)c2)cc1. The highest BCUT2D eigenvalue weighted by atomic mass is 32.1. The number of hydrogen-bond acceptors (Lipinski definition) is 12. The van der Waals surface area contributed by atoms with Gasteiger partial charge in [0.2, 0.25) is 11.8 Å². The standard InChI is InChI=1S/C53H53F3N10O5S2/c1-30(2)46(49(69)64-25-39(67)23-44(64)48(68)61-31(3)33-7-9-34(10-8-33)47-32(4)60-29-73-47)63-27-43(59-28-63)35-17-19-58-45(21-35)62-20-18-41(26-62)71-40-15-13-37(14-16-40)66-51(72)65(50(70)52(66,5)6)38-12-11-36(24-57)42(22-38)53(54,55)56/h7-17,19,21-22,27-31,39,41,44,46,67H,18,20,23,25-26H2,1-6H3,(H,61,68). The Bertz CT molecular complexity index is 3120. The quantitative estimate of drug-likeness (QED) is 0.105. The summed E-state index contributed by atoms with van der Waals surface area (Å²) in [5, 5.41) is 23.1. The lowest BCUT2D eigenvalue weighted by Gasteiger charge is -2.31. The molecular formula is C53H53F3N10O5S2. The van der Waals surface area contributed by atoms with Crippen molar-refractivity contribution in [2.45, 2.75) is 96.4 Å². The number of thiazole rings is 1. The third-order valence-corrected chi connectivity index (χ3v) is 15.1. The summed E-state index contributed by atoms with van der Waals surface area (Å²) < 4.78 is 49.7. The van der Waals surface area contributed by atoms with Gasteiger partial charge >= 0.3 is 6.18 Å². The first-order valence-electron chi connectivity index (χ1n) is 23.8. The number of nitriles is 1. The van der Waals surface area contributed by atoms with E-state index in [1.165, 1.54) is 11.0 Å². The number of amides is 3. The number of rotatable bonds is 13. The number of halogens is 3. The van der Waals surface area contributed by atoms with Crippen LogP contribution >= 0.6 is 23.6 Å². The van der Waals surface area contributed by atoms with Crippen molar-refractivity contribution >= 4 is 63.6 Å². The van der Waals surface area contributed by atoms with Gasteiger partial charge in [0.1, 0.15) is 35.3 Å². The molecule has 9 rings (SSSR count). The summed E-state index contributed by atoms with van der Waals surface area (Å²) in [4.78, 5) is 63.1. The van der Waals surface area contributed by atoms with Crippen molar-refractivity contribution < 1.29 is 37.4 Å². The first kappa shape index (κ1) is 50.7. The fourth-order valence-electron chi connectivity index (χ4n) is 9.87. The molecule has 20 heteroatoms. The van der Waals surface area contributed by atoms with Crippen LogP contribution in [0.15, 0.2) is 103 Å². The number of ether oxygens (including phenoxy) is 1. The summed E-state index contributed by atoms with van der Waals surface area (Å²) in [5.74, 6) is -0.0310. The normalized spacial score (nSPS) is 19.7. The minimum absolute atomic E-state index is 0.00704. The molecule has 3 saturated heterocycles. The van der Waals surface area contributed by atoms with E-state index in [0.717, 1.165) is 44.3 Å². The predicted octanol–water partition coefficient (Wildman–Crippen LogP) is 8.88. The van der Waals surface area contributed by atoms with Crippen LogP contribution in [0.2, 0.25) is 0 Å². The fourth-order valence-corrected chi connectivity index (χ4v) is 11.2. The summed E-state index contributed by atoms with van der Waals surface area (Å²) in [6, 6.07) is 21.5. The Hall–Kier alpha value is -7.21. The molecule has 3 aromatic heterocycles. The molecule has 3 fully saturated rings. The Morgan fingerprint density at radius 1 is 0.973 bits per heavy atom. The number of nitrogens with one attached hydrogen (secondary N) is 1. The zero-order chi connectivity index (χ0) is 52.1. The van der Waals surface area contributed by atoms with Gasteiger partial charge < -0.3 is 34.4 Å². The maximum absolute atomic E-state index is 14.5. The van der Waals surface area contributed by atoms with Gasteiger partial charge in [0.05, 0.1) is 69.7 Å². The van der Waals surface area contributed by atoms with Crippen LogP contribution in [-0.2, 0) is 20.6 Å². The van der Waals surface area contributed by atoms with E-state index in [1.807, 2.05) is 75.8 Å². The van der Waals surface area contributed by atoms with Crippen LogP contribution < -0.4 is 24.8 Å². The fraction of sp³-hybridized carbons (Fsp3) is 0.358. The molecule has 3 aliphatic rings. The van der Waals surface area contributed by atoms with Crippen LogP contribution in [0.1, 0.15) is 81.9 Å². The summed E-state index contributed by atoms with van der Waals surface area (Å²) in [6.07, 6.45) is 0.118. The topological polar surface area (TPSA) is 173 Å². The molecule has 5 unspecified atom stereocenters. The molecule has 5 atom stereocenters. The van der Waals surface area contributed by atoms with Crippen LogP contribution in [0.4, 0.5) is 30.4 Å². The molecule has 15 nitrogen and oxygen atoms in total. The molecule has 0 radical (unpaired) electrons. The lowest BCUT2D eigenvalue weighted by molar-refractivity contribution is -0.142. The van der Waals surface area contributed by atoms with Gasteiger partial charge in [-0.1, -0.05) is 38.1 Å². The van der Waals surface area contributed by atoms with E-state index in [0.29, 0.717) is 42.5 Å². The van der Waals surface area contributed by atoms with E-state index in [4.69, 9.17) is 21.9 Å². The number of β-amino-alcohol motifs (C(OH)–C–C–N with tert-alkyl or cyclic N) is 1. The molecule has 6 aromatic rings. The number of aliphatic hydroxyl groups excluding tert-OH is 1. The predicted molar refractivity (Wildman–Crippen MR) is 275 cm³/mol. The van der Waals surface area contributed by atoms with Gasteiger partial charge in [-0.15, -0.1) is 11.3 Å². The molecule has 3 aliphatic heterocycles. The Labute approximate surface area is 429 Å². The molecule has 378 valence electrons. The van der Waals surface area contributed by atoms with Crippen molar-refractivity contribution in [2.75, 3.05) is 34.3 Å². The Morgan fingerprint density at radius 3 is 2.37 bits per heavy atom. The molecule has 0 saturated carbocycles. The summed E-state index contributed by atoms with van der Waals surface area (Å²) in [5.41, 5.74) is 3.65. The number of thiocarbonyl (C=S) groups is 1. The molecule has 3 amide bonds. The van der Waals surface area contributed by atoms with Gasteiger partial charge in [0, 0.05) is 49.6 Å². The zero-order valence-electron chi connectivity index (χ0n) is 40.9. The minimum Gasteiger partial charge on any atom is -0.489 e. The molecule has 73 heavy (non-hydrogen) atoms. The molecular weight excluding hydrogens is 978 g/mol. The number of alkyl halides is 3. The van der Waals surface area contributed by atoms with E-state index < -0.39 is 46.9 Å². The average molecular weight is 1030 g/mol. The number of aliphatic hydroxyl groups is 1. The number of hydrogen-bond donors (Lipinski definition) is 2. The molecule has 6 heterocycles. The molecule has 3 aromatic carbocycles. The maximum Gasteiger partial charge on any atom is 0.417 e. The molecule has 0 bridgehead atoms. The van der Waals surface area contributed by atoms with Crippen molar-refractivity contribution in [3.05, 3.63) is 125 Å². The van der Waals surface area contributed by atoms with Crippen molar-refractivity contribution in [3.63, 3.8) is 0 Å². The second kappa shape index (κ2) is 20.0. The molecule has 2 N–H and O–H groups in total. The number of benzene rings is 3. The number of nitrogens with zero attached hydrogens (tertiary/aromatic N) is 9. The van der Waals surface area contributed by atoms with Gasteiger partial charge in [-0.3, -0.25) is 19.3 Å². The van der Waals surface area contributed by atoms with Crippen molar-refractivity contribution in [1.29, 1.82) is 5.26 Å². The second-order valence-corrected chi connectivity index (χ2v) is 20.7. The third kappa shape index (κ3) is 10.0. The highest BCUT2D eigenvalue weighted by Crippen LogP contribution is 2.41. The largest absolute Gasteiger partial charge is 0.489 e. The number of carbonyl (C=O) groups is 3. The highest BCUT2D eigenvalue weighted by molar-refractivity contribution is 7.81. The number of aryl methyl sites for hydroxylation is 1. The Balaban J connectivity index is 0.829. The van der Waals surface area contributed by atoms with E-state index in [1.54, 1.807) is 77.5 Å². The number of pyridine rings is 1. The number of aromatic nitrogens is 4. The van der Waals surface area contributed by atoms with Crippen LogP contribution in [0.5, 0.6) is 5.75 Å². The van der Waals surface area contributed by atoms with Gasteiger partial charge in [-0.25, -0.2) is 15.0 Å². The number of carbonyl (C=O) groups excluding carboxylic acids is 3. The first-order chi connectivity index (χ1) is 34.7. The van der Waals surface area contributed by atoms with E-state index >= 15 is 0 Å². The van der Waals surface area contributed by atoms with E-state index in [-0.39, 0.29) is 53.6 Å². The second-order valence-electron chi connectivity index (χ2n) is 19.4. The Morgan fingerprint density at radius 2 is 1.70 bits per heavy atom. The average Bonchev–Trinajstić information content (AvgIpc) is 4.22. The van der Waals surface area contributed by atoms with Gasteiger partial charge in [0.25, 0.3) is 5.91 Å².